The minimum absolute atomic E-state index is 0.0586. The number of carbonyl (C=O) groups excluding carboxylic acids is 1. The number of aromatic nitrogens is 2. The van der Waals surface area contributed by atoms with Gasteiger partial charge in [-0.2, -0.15) is 0 Å². The maximum Gasteiger partial charge on any atom is 0.330 e. The molecule has 0 bridgehead atoms. The highest BCUT2D eigenvalue weighted by Gasteiger charge is 2.45. The molecule has 2 atom stereocenters. The van der Waals surface area contributed by atoms with Gasteiger partial charge in [-0.15, -0.1) is 0 Å². The molecule has 0 spiro atoms. The lowest BCUT2D eigenvalue weighted by molar-refractivity contribution is -0.697. The molecule has 3 rings (SSSR count). The minimum Gasteiger partial charge on any atom is -0.481 e. The van der Waals surface area contributed by atoms with Crippen LogP contribution in [0.4, 0.5) is 0 Å². The van der Waals surface area contributed by atoms with Gasteiger partial charge in [-0.1, -0.05) is 31.0 Å². The lowest BCUT2D eigenvalue weighted by atomic mass is 9.75. The molecule has 1 aliphatic rings. The van der Waals surface area contributed by atoms with E-state index in [-0.39, 0.29) is 18.9 Å². The molecule has 1 aliphatic carbocycles. The maximum atomic E-state index is 13.3. The molecule has 0 unspecified atom stereocenters. The van der Waals surface area contributed by atoms with Crippen molar-refractivity contribution in [1.29, 1.82) is 0 Å². The number of carbonyl (C=O) groups is 3. The Hall–Kier alpha value is -3.20. The fraction of sp³-hybridized carbons (Fsp3) is 0.500. The van der Waals surface area contributed by atoms with Gasteiger partial charge in [-0.25, -0.2) is 13.9 Å². The summed E-state index contributed by atoms with van der Waals surface area (Å²) in [5.74, 6) is -3.19. The Morgan fingerprint density at radius 3 is 2.45 bits per heavy atom. The van der Waals surface area contributed by atoms with Crippen molar-refractivity contribution in [3.05, 3.63) is 49.1 Å². The van der Waals surface area contributed by atoms with E-state index in [4.69, 9.17) is 4.74 Å². The number of methoxy groups -OCH3 is 1. The minimum atomic E-state index is -1.13. The van der Waals surface area contributed by atoms with Gasteiger partial charge in [-0.05, 0) is 37.8 Å². The van der Waals surface area contributed by atoms with Crippen molar-refractivity contribution in [2.24, 2.45) is 11.3 Å². The number of nitrogens with one attached hydrogen (secondary N) is 1. The van der Waals surface area contributed by atoms with Crippen LogP contribution in [-0.4, -0.2) is 52.4 Å². The number of ether oxygens (including phenoxy) is 1. The number of amides is 1. The Kier molecular flexibility index (Phi) is 8.21. The van der Waals surface area contributed by atoms with Crippen LogP contribution in [0.2, 0.25) is 0 Å². The SMILES string of the molecule is COCC[C@H](CC1(C(=O)N[C@@H](C[n+]2ccn(-c3ccccc3)c2)C(=O)O)CCCC1)C(=O)O. The van der Waals surface area contributed by atoms with Crippen LogP contribution in [0.25, 0.3) is 5.69 Å². The van der Waals surface area contributed by atoms with Gasteiger partial charge >= 0.3 is 11.9 Å². The number of rotatable bonds is 12. The first-order valence-electron chi connectivity index (χ1n) is 11.2. The van der Waals surface area contributed by atoms with Crippen LogP contribution in [0.5, 0.6) is 0 Å². The molecule has 1 saturated carbocycles. The number of carboxylic acids is 2. The lowest BCUT2D eigenvalue weighted by Crippen LogP contribution is -2.54. The second kappa shape index (κ2) is 11.1. The molecule has 3 N–H and O–H groups in total. The summed E-state index contributed by atoms with van der Waals surface area (Å²) >= 11 is 0. The molecule has 0 saturated heterocycles. The summed E-state index contributed by atoms with van der Waals surface area (Å²) < 4.78 is 8.61. The molecule has 0 aliphatic heterocycles. The topological polar surface area (TPSA) is 122 Å². The Morgan fingerprint density at radius 2 is 1.85 bits per heavy atom. The second-order valence-electron chi connectivity index (χ2n) is 8.73. The molecular weight excluding hydrogens is 426 g/mol. The average Bonchev–Trinajstić information content (AvgIpc) is 3.47. The number of hydrogen-bond donors (Lipinski definition) is 3. The summed E-state index contributed by atoms with van der Waals surface area (Å²) in [6.45, 7) is 0.352. The number of imidazole rings is 1. The number of para-hydroxylation sites is 1. The number of hydrogen-bond acceptors (Lipinski definition) is 4. The van der Waals surface area contributed by atoms with Gasteiger partial charge in [0.2, 0.25) is 12.2 Å². The summed E-state index contributed by atoms with van der Waals surface area (Å²) in [4.78, 5) is 37.0. The molecule has 1 fully saturated rings. The van der Waals surface area contributed by atoms with Gasteiger partial charge in [0.25, 0.3) is 0 Å². The zero-order valence-electron chi connectivity index (χ0n) is 18.9. The fourth-order valence-electron chi connectivity index (χ4n) is 4.58. The van der Waals surface area contributed by atoms with E-state index < -0.39 is 29.3 Å². The summed E-state index contributed by atoms with van der Waals surface area (Å²) in [6.07, 6.45) is 8.58. The van der Waals surface area contributed by atoms with E-state index >= 15 is 0 Å². The van der Waals surface area contributed by atoms with E-state index in [2.05, 4.69) is 5.32 Å². The van der Waals surface area contributed by atoms with Gasteiger partial charge in [-0.3, -0.25) is 9.59 Å². The maximum absolute atomic E-state index is 13.3. The molecule has 178 valence electrons. The third-order valence-corrected chi connectivity index (χ3v) is 6.44. The summed E-state index contributed by atoms with van der Waals surface area (Å²) in [6, 6.07) is 8.49. The van der Waals surface area contributed by atoms with E-state index in [9.17, 15) is 24.6 Å². The Morgan fingerprint density at radius 1 is 1.15 bits per heavy atom. The molecule has 2 aromatic rings. The largest absolute Gasteiger partial charge is 0.481 e. The van der Waals surface area contributed by atoms with Crippen LogP contribution >= 0.6 is 0 Å². The highest BCUT2D eigenvalue weighted by molar-refractivity contribution is 5.88. The van der Waals surface area contributed by atoms with E-state index in [1.165, 1.54) is 7.11 Å². The van der Waals surface area contributed by atoms with Crippen LogP contribution in [0.1, 0.15) is 38.5 Å². The highest BCUT2D eigenvalue weighted by atomic mass is 16.5. The van der Waals surface area contributed by atoms with Crippen molar-refractivity contribution in [2.45, 2.75) is 51.1 Å². The molecular formula is C24H32N3O6+. The Balaban J connectivity index is 1.72. The molecule has 1 aromatic heterocycles. The smallest absolute Gasteiger partial charge is 0.330 e. The van der Waals surface area contributed by atoms with E-state index in [1.807, 2.05) is 41.1 Å². The van der Waals surface area contributed by atoms with Gasteiger partial charge in [0.1, 0.15) is 24.6 Å². The first-order valence-corrected chi connectivity index (χ1v) is 11.2. The first-order chi connectivity index (χ1) is 15.8. The fourth-order valence-corrected chi connectivity index (χ4v) is 4.58. The summed E-state index contributed by atoms with van der Waals surface area (Å²) in [5, 5.41) is 22.1. The Labute approximate surface area is 193 Å². The van der Waals surface area contributed by atoms with Crippen LogP contribution in [0.15, 0.2) is 49.1 Å². The average molecular weight is 459 g/mol. The highest BCUT2D eigenvalue weighted by Crippen LogP contribution is 2.44. The van der Waals surface area contributed by atoms with Gasteiger partial charge in [0.05, 0.1) is 11.3 Å². The van der Waals surface area contributed by atoms with Crippen LogP contribution < -0.4 is 9.88 Å². The quantitative estimate of drug-likeness (QED) is 0.419. The van der Waals surface area contributed by atoms with Crippen molar-refractivity contribution in [3.8, 4) is 5.69 Å². The molecule has 9 heteroatoms. The first kappa shape index (κ1) is 24.4. The summed E-state index contributed by atoms with van der Waals surface area (Å²) in [7, 11) is 1.51. The molecule has 9 nitrogen and oxygen atoms in total. The van der Waals surface area contributed by atoms with E-state index in [0.29, 0.717) is 25.9 Å². The zero-order chi connectivity index (χ0) is 23.8. The number of nitrogens with zero attached hydrogens (tertiary/aromatic N) is 2. The second-order valence-corrected chi connectivity index (χ2v) is 8.73. The van der Waals surface area contributed by atoms with E-state index in [0.717, 1.165) is 18.5 Å². The van der Waals surface area contributed by atoms with Crippen molar-refractivity contribution < 1.29 is 33.9 Å². The van der Waals surface area contributed by atoms with Gasteiger partial charge in [0.15, 0.2) is 6.04 Å². The third-order valence-electron chi connectivity index (χ3n) is 6.44. The van der Waals surface area contributed by atoms with Crippen molar-refractivity contribution >= 4 is 17.8 Å². The standard InChI is InChI=1S/C24H31N3O6/c1-33-14-9-18(21(28)29)15-24(10-5-6-11-24)23(32)25-20(22(30)31)16-26-12-13-27(17-26)19-7-3-2-4-8-19/h2-4,7-8,12-13,17-18,20H,5-6,9-11,14-16H2,1H3,(H2-,25,28,29,30,31,32)/p+1/t18-,20+/m1/s1. The molecule has 1 heterocycles. The van der Waals surface area contributed by atoms with Gasteiger partial charge in [0, 0.05) is 13.7 Å². The molecule has 1 amide bonds. The molecule has 0 radical (unpaired) electrons. The lowest BCUT2D eigenvalue weighted by Gasteiger charge is -2.31. The van der Waals surface area contributed by atoms with Crippen LogP contribution in [0, 0.1) is 11.3 Å². The van der Waals surface area contributed by atoms with Crippen molar-refractivity contribution in [1.82, 2.24) is 9.88 Å². The molecule has 1 aromatic carbocycles. The van der Waals surface area contributed by atoms with E-state index in [1.54, 1.807) is 17.1 Å². The summed E-state index contributed by atoms with van der Waals surface area (Å²) in [5.41, 5.74) is 0.0679. The Bertz CT molecular complexity index is 952. The predicted octanol–water partition coefficient (Wildman–Crippen LogP) is 2.02. The van der Waals surface area contributed by atoms with Crippen molar-refractivity contribution in [3.63, 3.8) is 0 Å². The number of aliphatic carboxylic acids is 2. The number of carboxylic acid groups (broad SMARTS) is 2. The van der Waals surface area contributed by atoms with Crippen molar-refractivity contribution in [2.75, 3.05) is 13.7 Å². The normalized spacial score (nSPS) is 16.8. The van der Waals surface area contributed by atoms with Gasteiger partial charge < -0.3 is 20.3 Å². The van der Waals surface area contributed by atoms with Crippen LogP contribution in [-0.2, 0) is 25.7 Å². The monoisotopic (exact) mass is 458 g/mol. The predicted molar refractivity (Wildman–Crippen MR) is 119 cm³/mol. The number of benzene rings is 1. The third kappa shape index (κ3) is 6.19. The zero-order valence-corrected chi connectivity index (χ0v) is 18.9. The molecule has 33 heavy (non-hydrogen) atoms. The van der Waals surface area contributed by atoms with Crippen LogP contribution in [0.3, 0.4) is 0 Å².